The lowest BCUT2D eigenvalue weighted by atomic mass is 10.1. The lowest BCUT2D eigenvalue weighted by Crippen LogP contribution is -2.02. The Balaban J connectivity index is 1.94. The number of fused-ring (bicyclic) bond motifs is 1. The second-order valence-electron chi connectivity index (χ2n) is 5.64. The normalized spacial score (nSPS) is 11.0. The van der Waals surface area contributed by atoms with E-state index >= 15 is 0 Å². The molecular weight excluding hydrogens is 350 g/mol. The molecule has 0 saturated heterocycles. The van der Waals surface area contributed by atoms with Crippen LogP contribution in [-0.4, -0.2) is 0 Å². The van der Waals surface area contributed by atoms with Gasteiger partial charge in [-0.05, 0) is 30.2 Å². The number of ether oxygens (including phenoxy) is 1. The van der Waals surface area contributed by atoms with Crippen LogP contribution in [0.25, 0.3) is 11.0 Å². The SMILES string of the molecule is CCCc1cc(=O)oc2cc(OCc3ccc(F)cc3F)c(Cl)cc12. The van der Waals surface area contributed by atoms with E-state index in [1.54, 1.807) is 6.07 Å². The van der Waals surface area contributed by atoms with Gasteiger partial charge >= 0.3 is 5.63 Å². The molecular formula is C19H15ClF2O3. The molecule has 3 aromatic rings. The molecule has 25 heavy (non-hydrogen) atoms. The fraction of sp³-hybridized carbons (Fsp3) is 0.211. The molecule has 1 aromatic heterocycles. The van der Waals surface area contributed by atoms with Crippen molar-refractivity contribution in [2.45, 2.75) is 26.4 Å². The second kappa shape index (κ2) is 7.23. The molecule has 0 atom stereocenters. The summed E-state index contributed by atoms with van der Waals surface area (Å²) < 4.78 is 37.4. The average molecular weight is 365 g/mol. The van der Waals surface area contributed by atoms with E-state index in [1.165, 1.54) is 18.2 Å². The topological polar surface area (TPSA) is 39.4 Å². The standard InChI is InChI=1S/C19H15ClF2O3/c1-2-3-11-6-19(23)25-17-9-18(15(20)8-14(11)17)24-10-12-4-5-13(21)7-16(12)22/h4-9H,2-3,10H2,1H3. The summed E-state index contributed by atoms with van der Waals surface area (Å²) in [7, 11) is 0. The molecule has 2 aromatic carbocycles. The van der Waals surface area contributed by atoms with Crippen LogP contribution < -0.4 is 10.4 Å². The minimum absolute atomic E-state index is 0.129. The van der Waals surface area contributed by atoms with Crippen LogP contribution in [0.4, 0.5) is 8.78 Å². The van der Waals surface area contributed by atoms with Gasteiger partial charge in [0.15, 0.2) is 0 Å². The number of rotatable bonds is 5. The van der Waals surface area contributed by atoms with Gasteiger partial charge in [-0.15, -0.1) is 0 Å². The average Bonchev–Trinajstić information content (AvgIpc) is 2.55. The van der Waals surface area contributed by atoms with Crippen LogP contribution in [-0.2, 0) is 13.0 Å². The third-order valence-electron chi connectivity index (χ3n) is 3.80. The second-order valence-corrected chi connectivity index (χ2v) is 6.05. The van der Waals surface area contributed by atoms with E-state index in [1.807, 2.05) is 6.92 Å². The summed E-state index contributed by atoms with van der Waals surface area (Å²) >= 11 is 6.25. The first kappa shape index (κ1) is 17.4. The van der Waals surface area contributed by atoms with Crippen molar-refractivity contribution in [3.05, 3.63) is 74.6 Å². The van der Waals surface area contributed by atoms with Crippen molar-refractivity contribution in [1.82, 2.24) is 0 Å². The van der Waals surface area contributed by atoms with Crippen molar-refractivity contribution < 1.29 is 17.9 Å². The lowest BCUT2D eigenvalue weighted by molar-refractivity contribution is 0.299. The highest BCUT2D eigenvalue weighted by Gasteiger charge is 2.12. The number of halogens is 3. The van der Waals surface area contributed by atoms with Crippen molar-refractivity contribution >= 4 is 22.6 Å². The summed E-state index contributed by atoms with van der Waals surface area (Å²) in [6.07, 6.45) is 1.59. The van der Waals surface area contributed by atoms with Crippen molar-refractivity contribution in [1.29, 1.82) is 0 Å². The maximum absolute atomic E-state index is 13.7. The fourth-order valence-electron chi connectivity index (χ4n) is 2.61. The Hall–Kier alpha value is -2.40. The van der Waals surface area contributed by atoms with Crippen molar-refractivity contribution in [2.75, 3.05) is 0 Å². The molecule has 6 heteroatoms. The number of aryl methyl sites for hydroxylation is 1. The van der Waals surface area contributed by atoms with Crippen molar-refractivity contribution in [3.63, 3.8) is 0 Å². The van der Waals surface area contributed by atoms with Gasteiger partial charge in [0.1, 0.15) is 29.6 Å². The van der Waals surface area contributed by atoms with Gasteiger partial charge in [-0.1, -0.05) is 24.9 Å². The largest absolute Gasteiger partial charge is 0.487 e. The van der Waals surface area contributed by atoms with Crippen LogP contribution in [0.3, 0.4) is 0 Å². The molecule has 0 aliphatic heterocycles. The van der Waals surface area contributed by atoms with Crippen molar-refractivity contribution in [2.24, 2.45) is 0 Å². The first-order valence-corrected chi connectivity index (χ1v) is 8.18. The van der Waals surface area contributed by atoms with Crippen LogP contribution in [0.5, 0.6) is 5.75 Å². The molecule has 0 spiro atoms. The Morgan fingerprint density at radius 1 is 1.12 bits per heavy atom. The molecule has 130 valence electrons. The van der Waals surface area contributed by atoms with E-state index in [4.69, 9.17) is 20.8 Å². The van der Waals surface area contributed by atoms with E-state index in [9.17, 15) is 13.6 Å². The molecule has 3 nitrogen and oxygen atoms in total. The van der Waals surface area contributed by atoms with Crippen LogP contribution in [0, 0.1) is 11.6 Å². The summed E-state index contributed by atoms with van der Waals surface area (Å²) in [5.74, 6) is -1.10. The molecule has 0 aliphatic carbocycles. The van der Waals surface area contributed by atoms with E-state index in [0.717, 1.165) is 35.9 Å². The van der Waals surface area contributed by atoms with E-state index in [2.05, 4.69) is 0 Å². The highest BCUT2D eigenvalue weighted by molar-refractivity contribution is 6.32. The summed E-state index contributed by atoms with van der Waals surface area (Å²) in [5.41, 5.74) is 0.953. The van der Waals surface area contributed by atoms with Crippen LogP contribution in [0.15, 0.2) is 45.6 Å². The molecule has 0 amide bonds. The quantitative estimate of drug-likeness (QED) is 0.580. The molecule has 0 bridgehead atoms. The molecule has 0 aliphatic rings. The number of hydrogen-bond acceptors (Lipinski definition) is 3. The lowest BCUT2D eigenvalue weighted by Gasteiger charge is -2.11. The monoisotopic (exact) mass is 364 g/mol. The summed E-state index contributed by atoms with van der Waals surface area (Å²) in [5, 5.41) is 1.06. The maximum Gasteiger partial charge on any atom is 0.336 e. The molecule has 0 fully saturated rings. The van der Waals surface area contributed by atoms with Gasteiger partial charge in [0.2, 0.25) is 0 Å². The van der Waals surface area contributed by atoms with E-state index in [-0.39, 0.29) is 17.9 Å². The molecule has 0 saturated carbocycles. The fourth-order valence-corrected chi connectivity index (χ4v) is 2.83. The van der Waals surface area contributed by atoms with Crippen LogP contribution >= 0.6 is 11.6 Å². The van der Waals surface area contributed by atoms with Gasteiger partial charge < -0.3 is 9.15 Å². The molecule has 1 heterocycles. The minimum Gasteiger partial charge on any atom is -0.487 e. The van der Waals surface area contributed by atoms with E-state index in [0.29, 0.717) is 10.6 Å². The third kappa shape index (κ3) is 3.82. The van der Waals surface area contributed by atoms with Crippen molar-refractivity contribution in [3.8, 4) is 5.75 Å². The van der Waals surface area contributed by atoms with Crippen LogP contribution in [0.1, 0.15) is 24.5 Å². The molecule has 0 radical (unpaired) electrons. The Morgan fingerprint density at radius 2 is 1.92 bits per heavy atom. The maximum atomic E-state index is 13.7. The molecule has 0 N–H and O–H groups in total. The van der Waals surface area contributed by atoms with Gasteiger partial charge in [0.25, 0.3) is 0 Å². The smallest absolute Gasteiger partial charge is 0.336 e. The van der Waals surface area contributed by atoms with E-state index < -0.39 is 17.3 Å². The first-order valence-electron chi connectivity index (χ1n) is 7.81. The highest BCUT2D eigenvalue weighted by atomic mass is 35.5. The first-order chi connectivity index (χ1) is 12.0. The molecule has 0 unspecified atom stereocenters. The zero-order valence-corrected chi connectivity index (χ0v) is 14.2. The molecule has 3 rings (SSSR count). The minimum atomic E-state index is -0.700. The third-order valence-corrected chi connectivity index (χ3v) is 4.10. The zero-order chi connectivity index (χ0) is 18.0. The summed E-state index contributed by atoms with van der Waals surface area (Å²) in [6.45, 7) is 1.88. The highest BCUT2D eigenvalue weighted by Crippen LogP contribution is 2.32. The Morgan fingerprint density at radius 3 is 2.64 bits per heavy atom. The van der Waals surface area contributed by atoms with Gasteiger partial charge in [0, 0.05) is 29.1 Å². The van der Waals surface area contributed by atoms with Gasteiger partial charge in [-0.25, -0.2) is 13.6 Å². The predicted molar refractivity (Wildman–Crippen MR) is 92.2 cm³/mol. The van der Waals surface area contributed by atoms with Gasteiger partial charge in [0.05, 0.1) is 5.02 Å². The Kier molecular flexibility index (Phi) is 5.04. The summed E-state index contributed by atoms with van der Waals surface area (Å²) in [4.78, 5) is 11.7. The number of benzene rings is 2. The predicted octanol–water partition coefficient (Wildman–Crippen LogP) is 5.26. The van der Waals surface area contributed by atoms with Gasteiger partial charge in [-0.2, -0.15) is 0 Å². The Labute approximate surface area is 147 Å². The Bertz CT molecular complexity index is 982. The van der Waals surface area contributed by atoms with Crippen LogP contribution in [0.2, 0.25) is 5.02 Å². The number of hydrogen-bond donors (Lipinski definition) is 0. The summed E-state index contributed by atoms with van der Waals surface area (Å²) in [6, 6.07) is 7.88. The van der Waals surface area contributed by atoms with Gasteiger partial charge in [-0.3, -0.25) is 0 Å². The zero-order valence-electron chi connectivity index (χ0n) is 13.4.